The van der Waals surface area contributed by atoms with Gasteiger partial charge in [0.15, 0.2) is 11.5 Å². The molecule has 0 bridgehead atoms. The van der Waals surface area contributed by atoms with Gasteiger partial charge in [-0.25, -0.2) is 15.0 Å². The van der Waals surface area contributed by atoms with Crippen LogP contribution in [0.15, 0.2) is 78.4 Å². The van der Waals surface area contributed by atoms with Gasteiger partial charge in [-0.1, -0.05) is 23.7 Å². The number of alkyl halides is 3. The molecule has 0 fully saturated rings. The molecule has 170 valence electrons. The summed E-state index contributed by atoms with van der Waals surface area (Å²) in [7, 11) is 0. The average molecular weight is 483 g/mol. The largest absolute Gasteiger partial charge is 0.427 e. The van der Waals surface area contributed by atoms with Crippen molar-refractivity contribution in [3.05, 3.63) is 89.5 Å². The predicted molar refractivity (Wildman–Crippen MR) is 119 cm³/mol. The molecule has 1 aromatic carbocycles. The maximum absolute atomic E-state index is 14.5. The van der Waals surface area contributed by atoms with E-state index in [9.17, 15) is 18.4 Å². The fourth-order valence-electron chi connectivity index (χ4n) is 3.64. The molecule has 0 aliphatic heterocycles. The van der Waals surface area contributed by atoms with Gasteiger partial charge in [0.05, 0.1) is 16.2 Å². The number of fused-ring (bicyclic) bond motifs is 2. The number of rotatable bonds is 3. The lowest BCUT2D eigenvalue weighted by atomic mass is 9.98. The molecular weight excluding hydrogens is 469 g/mol. The third-order valence-corrected chi connectivity index (χ3v) is 5.46. The summed E-state index contributed by atoms with van der Waals surface area (Å²) < 4.78 is 44.1. The normalized spacial score (nSPS) is 13.5. The van der Waals surface area contributed by atoms with Crippen LogP contribution in [0.5, 0.6) is 0 Å². The highest BCUT2D eigenvalue weighted by atomic mass is 35.5. The molecular formula is C23H14ClF3N6O. The van der Waals surface area contributed by atoms with Crippen LogP contribution >= 0.6 is 11.6 Å². The van der Waals surface area contributed by atoms with Crippen LogP contribution in [-0.2, 0) is 0 Å². The first-order valence-corrected chi connectivity index (χ1v) is 10.3. The smallest absolute Gasteiger partial charge is 0.415 e. The highest BCUT2D eigenvalue weighted by Gasteiger charge is 2.43. The molecule has 34 heavy (non-hydrogen) atoms. The van der Waals surface area contributed by atoms with Gasteiger partial charge in [0, 0.05) is 35.1 Å². The van der Waals surface area contributed by atoms with Gasteiger partial charge >= 0.3 is 6.18 Å². The Kier molecular flexibility index (Phi) is 5.37. The van der Waals surface area contributed by atoms with Crippen molar-refractivity contribution in [1.29, 1.82) is 0 Å². The molecule has 4 heterocycles. The summed E-state index contributed by atoms with van der Waals surface area (Å²) in [6.07, 6.45) is 0.495. The number of aromatic nitrogens is 5. The molecule has 1 atom stereocenters. The topological polar surface area (TPSA) is 89.1 Å². The number of hydrogen-bond acceptors (Lipinski definition) is 6. The molecule has 7 nitrogen and oxygen atoms in total. The number of para-hydroxylation sites is 1. The van der Waals surface area contributed by atoms with Crippen LogP contribution in [0.1, 0.15) is 11.6 Å². The van der Waals surface area contributed by atoms with Crippen molar-refractivity contribution < 1.29 is 18.4 Å². The van der Waals surface area contributed by atoms with Crippen LogP contribution in [0, 0.1) is 0 Å². The molecule has 5 rings (SSSR count). The molecule has 0 radical (unpaired) electrons. The summed E-state index contributed by atoms with van der Waals surface area (Å²) in [6.45, 7) is 0. The Hall–Kier alpha value is -4.05. The summed E-state index contributed by atoms with van der Waals surface area (Å²) in [4.78, 5) is 20.4. The van der Waals surface area contributed by atoms with Crippen LogP contribution in [0.2, 0.25) is 5.02 Å². The van der Waals surface area contributed by atoms with Gasteiger partial charge in [-0.05, 0) is 36.4 Å². The molecule has 0 unspecified atom stereocenters. The lowest BCUT2D eigenvalue weighted by Gasteiger charge is -2.20. The van der Waals surface area contributed by atoms with Crippen LogP contribution in [-0.4, -0.2) is 36.0 Å². The van der Waals surface area contributed by atoms with Gasteiger partial charge in [0.1, 0.15) is 17.4 Å². The Morgan fingerprint density at radius 2 is 1.82 bits per heavy atom. The molecule has 0 saturated heterocycles. The maximum atomic E-state index is 14.5. The first-order valence-electron chi connectivity index (χ1n) is 9.94. The molecule has 0 aliphatic carbocycles. The van der Waals surface area contributed by atoms with Gasteiger partial charge in [-0.15, -0.1) is 0 Å². The summed E-state index contributed by atoms with van der Waals surface area (Å²) in [6, 6.07) is 10.2. The molecule has 5 aromatic rings. The van der Waals surface area contributed by atoms with Crippen molar-refractivity contribution >= 4 is 33.5 Å². The monoisotopic (exact) mass is 482 g/mol. The Morgan fingerprint density at radius 1 is 1.00 bits per heavy atom. The Labute approximate surface area is 194 Å². The minimum absolute atomic E-state index is 0.0153. The van der Waals surface area contributed by atoms with E-state index in [1.54, 1.807) is 30.3 Å². The molecule has 11 heteroatoms. The zero-order valence-electron chi connectivity index (χ0n) is 17.1. The second kappa shape index (κ2) is 8.38. The van der Waals surface area contributed by atoms with E-state index in [0.29, 0.717) is 26.2 Å². The van der Waals surface area contributed by atoms with E-state index in [1.807, 2.05) is 0 Å². The fraction of sp³-hybridized carbons (Fsp3) is 0.0870. The second-order valence-corrected chi connectivity index (χ2v) is 7.74. The van der Waals surface area contributed by atoms with E-state index in [2.05, 4.69) is 24.9 Å². The van der Waals surface area contributed by atoms with Gasteiger partial charge < -0.3 is 5.21 Å². The first kappa shape index (κ1) is 21.8. The van der Waals surface area contributed by atoms with Gasteiger partial charge in [0.2, 0.25) is 0 Å². The zero-order chi connectivity index (χ0) is 23.9. The molecule has 0 amide bonds. The minimum atomic E-state index is -4.79. The number of nitrogens with zero attached hydrogens (tertiary/aromatic N) is 6. The van der Waals surface area contributed by atoms with Crippen molar-refractivity contribution in [2.24, 2.45) is 4.99 Å². The van der Waals surface area contributed by atoms with Crippen LogP contribution < -0.4 is 5.49 Å². The minimum Gasteiger partial charge on any atom is -0.427 e. The first-order chi connectivity index (χ1) is 16.3. The molecule has 0 aliphatic rings. The van der Waals surface area contributed by atoms with E-state index < -0.39 is 12.2 Å². The number of pyridine rings is 3. The quantitative estimate of drug-likeness (QED) is 0.360. The van der Waals surface area contributed by atoms with Crippen molar-refractivity contribution in [3.63, 3.8) is 0 Å². The standard InChI is InChI=1S/C23H14ClF3N6O/c24-16-6-1-4-13-10-15(18(31-19(13)16)14-5-2-8-28-11-14)21(23(25,26)27)32-22-20-17(7-3-9-29-20)33(34)12-30-22/h1-12,21,34H/t21-/m1/s1. The van der Waals surface area contributed by atoms with E-state index in [1.165, 1.54) is 36.8 Å². The maximum Gasteiger partial charge on any atom is 0.415 e. The highest BCUT2D eigenvalue weighted by Crippen LogP contribution is 2.41. The van der Waals surface area contributed by atoms with Crippen molar-refractivity contribution in [3.8, 4) is 11.3 Å². The van der Waals surface area contributed by atoms with Crippen molar-refractivity contribution in [2.45, 2.75) is 12.2 Å². The summed E-state index contributed by atoms with van der Waals surface area (Å²) in [5.41, 5.74) is 0.494. The third-order valence-electron chi connectivity index (χ3n) is 5.15. The Bertz CT molecular complexity index is 1590. The predicted octanol–water partition coefficient (Wildman–Crippen LogP) is 5.14. The molecule has 0 saturated carbocycles. The SMILES string of the molecule is On1cnc(=N[C@H](c2cc3cccc(Cl)c3nc2-c2cccnc2)C(F)(F)F)c2ncccc21. The Morgan fingerprint density at radius 3 is 2.59 bits per heavy atom. The van der Waals surface area contributed by atoms with Crippen LogP contribution in [0.4, 0.5) is 13.2 Å². The average Bonchev–Trinajstić information content (AvgIpc) is 2.83. The van der Waals surface area contributed by atoms with E-state index in [0.717, 1.165) is 6.33 Å². The lowest BCUT2D eigenvalue weighted by Crippen LogP contribution is -2.25. The fourth-order valence-corrected chi connectivity index (χ4v) is 3.87. The summed E-state index contributed by atoms with van der Waals surface area (Å²) in [5.74, 6) is 0. The van der Waals surface area contributed by atoms with E-state index in [4.69, 9.17) is 11.6 Å². The number of benzene rings is 1. The molecule has 4 aromatic heterocycles. The van der Waals surface area contributed by atoms with Gasteiger partial charge in [-0.3, -0.25) is 9.97 Å². The number of halogens is 4. The van der Waals surface area contributed by atoms with Crippen molar-refractivity contribution in [1.82, 2.24) is 24.7 Å². The van der Waals surface area contributed by atoms with Gasteiger partial charge in [0.25, 0.3) is 0 Å². The lowest BCUT2D eigenvalue weighted by molar-refractivity contribution is -0.149. The molecule has 0 spiro atoms. The zero-order valence-corrected chi connectivity index (χ0v) is 17.9. The van der Waals surface area contributed by atoms with Crippen molar-refractivity contribution in [2.75, 3.05) is 0 Å². The molecule has 1 N–H and O–H groups in total. The van der Waals surface area contributed by atoms with Crippen LogP contribution in [0.3, 0.4) is 0 Å². The summed E-state index contributed by atoms with van der Waals surface area (Å²) >= 11 is 6.28. The van der Waals surface area contributed by atoms with Crippen LogP contribution in [0.25, 0.3) is 33.2 Å². The van der Waals surface area contributed by atoms with E-state index in [-0.39, 0.29) is 27.8 Å². The third kappa shape index (κ3) is 3.92. The second-order valence-electron chi connectivity index (χ2n) is 7.34. The Balaban J connectivity index is 1.84. The van der Waals surface area contributed by atoms with Gasteiger partial charge in [-0.2, -0.15) is 17.9 Å². The van der Waals surface area contributed by atoms with E-state index >= 15 is 0 Å². The number of hydrogen-bond donors (Lipinski definition) is 1. The summed E-state index contributed by atoms with van der Waals surface area (Å²) in [5, 5.41) is 10.7. The highest BCUT2D eigenvalue weighted by molar-refractivity contribution is 6.35.